The lowest BCUT2D eigenvalue weighted by atomic mass is 10.2. The molecule has 0 aromatic heterocycles. The Labute approximate surface area is 83.2 Å². The molecule has 0 spiro atoms. The van der Waals surface area contributed by atoms with Gasteiger partial charge < -0.3 is 15.4 Å². The van der Waals surface area contributed by atoms with E-state index >= 15 is 0 Å². The van der Waals surface area contributed by atoms with Crippen molar-refractivity contribution in [1.82, 2.24) is 10.6 Å². The largest absolute Gasteiger partial charge is 0.467 e. The molecule has 5 heteroatoms. The molecule has 2 atom stereocenters. The number of carbonyl (C=O) groups excluding carboxylic acids is 2. The van der Waals surface area contributed by atoms with Crippen molar-refractivity contribution in [2.24, 2.45) is 0 Å². The molecule has 1 aliphatic rings. The second-order valence-corrected chi connectivity index (χ2v) is 3.40. The van der Waals surface area contributed by atoms with Crippen molar-refractivity contribution in [2.45, 2.75) is 31.8 Å². The Morgan fingerprint density at radius 1 is 1.57 bits per heavy atom. The number of nitrogens with one attached hydrogen (secondary N) is 2. The van der Waals surface area contributed by atoms with Crippen LogP contribution in [0.15, 0.2) is 0 Å². The summed E-state index contributed by atoms with van der Waals surface area (Å²) in [4.78, 5) is 22.5. The van der Waals surface area contributed by atoms with Crippen molar-refractivity contribution in [3.8, 4) is 0 Å². The summed E-state index contributed by atoms with van der Waals surface area (Å²) in [6, 6.07) is -0.725. The molecule has 0 bridgehead atoms. The summed E-state index contributed by atoms with van der Waals surface area (Å²) in [5, 5.41) is 5.65. The predicted molar refractivity (Wildman–Crippen MR) is 50.6 cm³/mol. The molecule has 80 valence electrons. The van der Waals surface area contributed by atoms with Crippen LogP contribution >= 0.6 is 0 Å². The Bertz CT molecular complexity index is 224. The lowest BCUT2D eigenvalue weighted by molar-refractivity contribution is -0.144. The van der Waals surface area contributed by atoms with Crippen LogP contribution in [0.5, 0.6) is 0 Å². The zero-order valence-electron chi connectivity index (χ0n) is 8.50. The highest BCUT2D eigenvalue weighted by molar-refractivity contribution is 5.87. The molecular weight excluding hydrogens is 184 g/mol. The Hall–Kier alpha value is -1.10. The average molecular weight is 200 g/mol. The quantitative estimate of drug-likeness (QED) is 0.598. The number of amides is 1. The van der Waals surface area contributed by atoms with Gasteiger partial charge in [-0.2, -0.15) is 0 Å². The SMILES string of the molecule is COC(=O)C(C)NC(=O)[C@H]1CCCN1. The van der Waals surface area contributed by atoms with Crippen LogP contribution in [-0.4, -0.2) is 37.6 Å². The molecule has 1 unspecified atom stereocenters. The highest BCUT2D eigenvalue weighted by Gasteiger charge is 2.25. The molecule has 1 saturated heterocycles. The second kappa shape index (κ2) is 4.95. The molecule has 0 radical (unpaired) electrons. The number of rotatable bonds is 3. The molecule has 1 rings (SSSR count). The maximum Gasteiger partial charge on any atom is 0.328 e. The van der Waals surface area contributed by atoms with Crippen molar-refractivity contribution in [2.75, 3.05) is 13.7 Å². The Morgan fingerprint density at radius 2 is 2.29 bits per heavy atom. The summed E-state index contributed by atoms with van der Waals surface area (Å²) < 4.78 is 4.50. The molecule has 1 heterocycles. The summed E-state index contributed by atoms with van der Waals surface area (Å²) >= 11 is 0. The molecule has 0 aromatic rings. The molecule has 1 fully saturated rings. The first-order chi connectivity index (χ1) is 6.65. The highest BCUT2D eigenvalue weighted by Crippen LogP contribution is 2.04. The third-order valence-corrected chi connectivity index (χ3v) is 2.29. The number of hydrogen-bond donors (Lipinski definition) is 2. The minimum Gasteiger partial charge on any atom is -0.467 e. The molecule has 5 nitrogen and oxygen atoms in total. The molecular formula is C9H16N2O3. The zero-order valence-corrected chi connectivity index (χ0v) is 8.50. The maximum absolute atomic E-state index is 11.5. The van der Waals surface area contributed by atoms with Crippen LogP contribution in [0, 0.1) is 0 Å². The van der Waals surface area contributed by atoms with Gasteiger partial charge in [-0.25, -0.2) is 4.79 Å². The fraction of sp³-hybridized carbons (Fsp3) is 0.778. The fourth-order valence-electron chi connectivity index (χ4n) is 1.46. The van der Waals surface area contributed by atoms with E-state index in [1.807, 2.05) is 0 Å². The number of methoxy groups -OCH3 is 1. The van der Waals surface area contributed by atoms with Gasteiger partial charge in [-0.1, -0.05) is 0 Å². The van der Waals surface area contributed by atoms with Crippen molar-refractivity contribution in [3.63, 3.8) is 0 Å². The Kier molecular flexibility index (Phi) is 3.88. The molecule has 1 aliphatic heterocycles. The summed E-state index contributed by atoms with van der Waals surface area (Å²) in [5.41, 5.74) is 0. The van der Waals surface area contributed by atoms with Crippen LogP contribution in [-0.2, 0) is 14.3 Å². The molecule has 0 saturated carbocycles. The standard InChI is InChI=1S/C9H16N2O3/c1-6(9(13)14-2)11-8(12)7-4-3-5-10-7/h6-7,10H,3-5H2,1-2H3,(H,11,12)/t6?,7-/m1/s1. The first-order valence-corrected chi connectivity index (χ1v) is 4.76. The third-order valence-electron chi connectivity index (χ3n) is 2.29. The first kappa shape index (κ1) is 11.0. The second-order valence-electron chi connectivity index (χ2n) is 3.40. The maximum atomic E-state index is 11.5. The van der Waals surface area contributed by atoms with E-state index in [4.69, 9.17) is 0 Å². The summed E-state index contributed by atoms with van der Waals surface area (Å²) in [6.45, 7) is 2.48. The van der Waals surface area contributed by atoms with E-state index in [0.717, 1.165) is 19.4 Å². The summed E-state index contributed by atoms with van der Waals surface area (Å²) in [7, 11) is 1.30. The van der Waals surface area contributed by atoms with Crippen molar-refractivity contribution >= 4 is 11.9 Å². The van der Waals surface area contributed by atoms with Gasteiger partial charge in [0.05, 0.1) is 13.2 Å². The summed E-state index contributed by atoms with van der Waals surface area (Å²) in [6.07, 6.45) is 1.84. The van der Waals surface area contributed by atoms with Crippen molar-refractivity contribution in [3.05, 3.63) is 0 Å². The van der Waals surface area contributed by atoms with Crippen LogP contribution in [0.3, 0.4) is 0 Å². The van der Waals surface area contributed by atoms with E-state index in [0.29, 0.717) is 0 Å². The minimum absolute atomic E-state index is 0.125. The van der Waals surface area contributed by atoms with Gasteiger partial charge in [0, 0.05) is 0 Å². The van der Waals surface area contributed by atoms with Gasteiger partial charge in [-0.15, -0.1) is 0 Å². The van der Waals surface area contributed by atoms with Gasteiger partial charge in [-0.05, 0) is 26.3 Å². The topological polar surface area (TPSA) is 67.4 Å². The van der Waals surface area contributed by atoms with E-state index in [1.165, 1.54) is 7.11 Å². The third kappa shape index (κ3) is 2.70. The smallest absolute Gasteiger partial charge is 0.328 e. The zero-order chi connectivity index (χ0) is 10.6. The van der Waals surface area contributed by atoms with E-state index in [-0.39, 0.29) is 11.9 Å². The van der Waals surface area contributed by atoms with Crippen LogP contribution in [0.25, 0.3) is 0 Å². The highest BCUT2D eigenvalue weighted by atomic mass is 16.5. The van der Waals surface area contributed by atoms with E-state index in [9.17, 15) is 9.59 Å². The molecule has 14 heavy (non-hydrogen) atoms. The fourth-order valence-corrected chi connectivity index (χ4v) is 1.46. The molecule has 0 aromatic carbocycles. The average Bonchev–Trinajstić information content (AvgIpc) is 2.69. The van der Waals surface area contributed by atoms with Gasteiger partial charge in [0.2, 0.25) is 5.91 Å². The van der Waals surface area contributed by atoms with Crippen molar-refractivity contribution < 1.29 is 14.3 Å². The van der Waals surface area contributed by atoms with E-state index in [1.54, 1.807) is 6.92 Å². The lowest BCUT2D eigenvalue weighted by Crippen LogP contribution is -2.47. The molecule has 2 N–H and O–H groups in total. The number of ether oxygens (including phenoxy) is 1. The monoisotopic (exact) mass is 200 g/mol. The lowest BCUT2D eigenvalue weighted by Gasteiger charge is -2.15. The minimum atomic E-state index is -0.574. The Balaban J connectivity index is 2.35. The van der Waals surface area contributed by atoms with Crippen LogP contribution < -0.4 is 10.6 Å². The van der Waals surface area contributed by atoms with Crippen LogP contribution in [0.1, 0.15) is 19.8 Å². The van der Waals surface area contributed by atoms with E-state index in [2.05, 4.69) is 15.4 Å². The van der Waals surface area contributed by atoms with Gasteiger partial charge in [0.25, 0.3) is 0 Å². The van der Waals surface area contributed by atoms with E-state index < -0.39 is 12.0 Å². The molecule has 0 aliphatic carbocycles. The number of hydrogen-bond acceptors (Lipinski definition) is 4. The predicted octanol–water partition coefficient (Wildman–Crippen LogP) is -0.584. The number of esters is 1. The van der Waals surface area contributed by atoms with Gasteiger partial charge in [0.15, 0.2) is 0 Å². The normalized spacial score (nSPS) is 22.9. The first-order valence-electron chi connectivity index (χ1n) is 4.76. The van der Waals surface area contributed by atoms with Gasteiger partial charge in [-0.3, -0.25) is 4.79 Å². The van der Waals surface area contributed by atoms with Gasteiger partial charge in [0.1, 0.15) is 6.04 Å². The van der Waals surface area contributed by atoms with Crippen LogP contribution in [0.2, 0.25) is 0 Å². The Morgan fingerprint density at radius 3 is 2.79 bits per heavy atom. The summed E-state index contributed by atoms with van der Waals surface area (Å²) in [5.74, 6) is -0.545. The van der Waals surface area contributed by atoms with Crippen LogP contribution in [0.4, 0.5) is 0 Å². The molecule has 1 amide bonds. The van der Waals surface area contributed by atoms with Crippen molar-refractivity contribution in [1.29, 1.82) is 0 Å². The van der Waals surface area contributed by atoms with Gasteiger partial charge >= 0.3 is 5.97 Å². The number of carbonyl (C=O) groups is 2.